The quantitative estimate of drug-likeness (QED) is 0.705. The number of nitrogens with zero attached hydrogens (tertiary/aromatic N) is 1. The van der Waals surface area contributed by atoms with Gasteiger partial charge in [0.1, 0.15) is 11.4 Å². The Hall–Kier alpha value is -2.48. The highest BCUT2D eigenvalue weighted by Gasteiger charge is 2.28. The number of hydrogen-bond donors (Lipinski definition) is 3. The van der Waals surface area contributed by atoms with E-state index in [0.29, 0.717) is 24.2 Å². The van der Waals surface area contributed by atoms with Crippen LogP contribution in [0.15, 0.2) is 18.3 Å². The molecule has 0 radical (unpaired) electrons. The van der Waals surface area contributed by atoms with Crippen LogP contribution in [0, 0.1) is 0 Å². The van der Waals surface area contributed by atoms with Gasteiger partial charge in [-0.3, -0.25) is 20.2 Å². The molecule has 0 aliphatic carbocycles. The highest BCUT2D eigenvalue weighted by atomic mass is 16.6. The molecule has 1 fully saturated rings. The number of nitrogens with one attached hydrogen (secondary N) is 2. The summed E-state index contributed by atoms with van der Waals surface area (Å²) in [7, 11) is 1.00. The lowest BCUT2D eigenvalue weighted by atomic mass is 9.91. The fourth-order valence-corrected chi connectivity index (χ4v) is 2.15. The van der Waals surface area contributed by atoms with E-state index in [9.17, 15) is 14.4 Å². The summed E-state index contributed by atoms with van der Waals surface area (Å²) < 4.78 is 5.15. The Balaban J connectivity index is 0.00000139. The Bertz CT molecular complexity index is 610. The number of pyridine rings is 1. The van der Waals surface area contributed by atoms with Crippen molar-refractivity contribution < 1.29 is 24.2 Å². The maximum Gasteiger partial charge on any atom is 0.413 e. The van der Waals surface area contributed by atoms with E-state index >= 15 is 0 Å². The molecule has 3 amide bonds. The van der Waals surface area contributed by atoms with Crippen LogP contribution in [0.3, 0.4) is 0 Å². The molecule has 1 unspecified atom stereocenters. The minimum absolute atomic E-state index is 0.262. The van der Waals surface area contributed by atoms with Gasteiger partial charge in [-0.15, -0.1) is 0 Å². The van der Waals surface area contributed by atoms with Crippen LogP contribution < -0.4 is 10.6 Å². The fraction of sp³-hybridized carbons (Fsp3) is 0.500. The molecule has 1 atom stereocenters. The molecule has 1 saturated heterocycles. The largest absolute Gasteiger partial charge is 0.444 e. The van der Waals surface area contributed by atoms with E-state index in [1.54, 1.807) is 32.9 Å². The zero-order valence-electron chi connectivity index (χ0n) is 14.3. The third-order valence-electron chi connectivity index (χ3n) is 3.05. The minimum Gasteiger partial charge on any atom is -0.444 e. The van der Waals surface area contributed by atoms with E-state index in [2.05, 4.69) is 15.6 Å². The van der Waals surface area contributed by atoms with Crippen molar-refractivity contribution in [2.75, 3.05) is 12.4 Å². The van der Waals surface area contributed by atoms with Crippen LogP contribution in [0.5, 0.6) is 0 Å². The van der Waals surface area contributed by atoms with E-state index in [0.717, 1.165) is 7.11 Å². The molecule has 1 aliphatic heterocycles. The number of aliphatic hydroxyl groups excluding tert-OH is 1. The molecule has 8 heteroatoms. The van der Waals surface area contributed by atoms with Gasteiger partial charge in [0.15, 0.2) is 0 Å². The summed E-state index contributed by atoms with van der Waals surface area (Å²) in [5.41, 5.74) is 0.0942. The Labute approximate surface area is 140 Å². The van der Waals surface area contributed by atoms with Gasteiger partial charge in [0.25, 0.3) is 0 Å². The Morgan fingerprint density at radius 2 is 2.04 bits per heavy atom. The first-order valence-corrected chi connectivity index (χ1v) is 7.49. The normalized spacial score (nSPS) is 17.3. The van der Waals surface area contributed by atoms with Gasteiger partial charge in [0.05, 0.1) is 5.92 Å². The summed E-state index contributed by atoms with van der Waals surface area (Å²) in [5.74, 6) is -0.704. The van der Waals surface area contributed by atoms with Gasteiger partial charge in [0, 0.05) is 19.7 Å². The van der Waals surface area contributed by atoms with Crippen molar-refractivity contribution in [2.45, 2.75) is 45.1 Å². The molecule has 0 saturated carbocycles. The van der Waals surface area contributed by atoms with Crippen molar-refractivity contribution in [2.24, 2.45) is 0 Å². The summed E-state index contributed by atoms with van der Waals surface area (Å²) in [4.78, 5) is 38.8. The molecule has 1 aliphatic rings. The third-order valence-corrected chi connectivity index (χ3v) is 3.05. The Kier molecular flexibility index (Phi) is 6.84. The van der Waals surface area contributed by atoms with Crippen LogP contribution >= 0.6 is 0 Å². The SMILES string of the molecule is CC(C)(C)OC(=O)Nc1cc(C2CCC(=O)NC2=O)ccn1.CO. The second-order valence-corrected chi connectivity index (χ2v) is 6.10. The summed E-state index contributed by atoms with van der Waals surface area (Å²) in [6.45, 7) is 5.29. The standard InChI is InChI=1S/C15H19N3O4.CH4O/c1-15(2,3)22-14(21)17-11-8-9(6-7-16-11)10-4-5-12(19)18-13(10)20;1-2/h6-8,10H,4-5H2,1-3H3,(H,16,17,21)(H,18,19,20);2H,1H3. The zero-order chi connectivity index (χ0) is 18.3. The van der Waals surface area contributed by atoms with E-state index in [1.165, 1.54) is 6.20 Å². The first-order chi connectivity index (χ1) is 11.2. The number of amides is 3. The monoisotopic (exact) mass is 337 g/mol. The van der Waals surface area contributed by atoms with Crippen LogP contribution in [-0.4, -0.2) is 40.7 Å². The van der Waals surface area contributed by atoms with E-state index in [1.807, 2.05) is 0 Å². The number of rotatable bonds is 2. The molecule has 1 aromatic heterocycles. The summed E-state index contributed by atoms with van der Waals surface area (Å²) >= 11 is 0. The number of carbonyl (C=O) groups excluding carboxylic acids is 3. The highest BCUT2D eigenvalue weighted by molar-refractivity contribution is 6.01. The van der Waals surface area contributed by atoms with E-state index in [-0.39, 0.29) is 11.8 Å². The smallest absolute Gasteiger partial charge is 0.413 e. The average molecular weight is 337 g/mol. The first kappa shape index (κ1) is 19.6. The Morgan fingerprint density at radius 3 is 2.62 bits per heavy atom. The lowest BCUT2D eigenvalue weighted by Crippen LogP contribution is -2.39. The van der Waals surface area contributed by atoms with Gasteiger partial charge in [-0.2, -0.15) is 0 Å². The topological polar surface area (TPSA) is 118 Å². The van der Waals surface area contributed by atoms with Crippen LogP contribution in [0.4, 0.5) is 10.6 Å². The van der Waals surface area contributed by atoms with Gasteiger partial charge in [-0.1, -0.05) is 0 Å². The summed E-state index contributed by atoms with van der Waals surface area (Å²) in [5, 5.41) is 11.8. The molecule has 8 nitrogen and oxygen atoms in total. The lowest BCUT2D eigenvalue weighted by molar-refractivity contribution is -0.134. The maximum absolute atomic E-state index is 11.9. The predicted molar refractivity (Wildman–Crippen MR) is 87.4 cm³/mol. The molecule has 24 heavy (non-hydrogen) atoms. The molecule has 132 valence electrons. The molecule has 2 heterocycles. The predicted octanol–water partition coefficient (Wildman–Crippen LogP) is 1.56. The highest BCUT2D eigenvalue weighted by Crippen LogP contribution is 2.25. The molecule has 2 rings (SSSR count). The number of aliphatic hydroxyl groups is 1. The fourth-order valence-electron chi connectivity index (χ4n) is 2.15. The van der Waals surface area contributed by atoms with Crippen molar-refractivity contribution in [3.8, 4) is 0 Å². The average Bonchev–Trinajstić information content (AvgIpc) is 2.47. The van der Waals surface area contributed by atoms with Crippen LogP contribution in [0.1, 0.15) is 45.1 Å². The van der Waals surface area contributed by atoms with Gasteiger partial charge in [0.2, 0.25) is 11.8 Å². The van der Waals surface area contributed by atoms with Crippen molar-refractivity contribution in [1.29, 1.82) is 0 Å². The first-order valence-electron chi connectivity index (χ1n) is 7.49. The van der Waals surface area contributed by atoms with Crippen molar-refractivity contribution in [1.82, 2.24) is 10.3 Å². The molecule has 0 aromatic carbocycles. The summed E-state index contributed by atoms with van der Waals surface area (Å²) in [6, 6.07) is 3.31. The van der Waals surface area contributed by atoms with E-state index < -0.39 is 17.6 Å². The van der Waals surface area contributed by atoms with Crippen LogP contribution in [0.2, 0.25) is 0 Å². The van der Waals surface area contributed by atoms with Crippen molar-refractivity contribution in [3.05, 3.63) is 23.9 Å². The van der Waals surface area contributed by atoms with Crippen LogP contribution in [-0.2, 0) is 14.3 Å². The van der Waals surface area contributed by atoms with Gasteiger partial charge < -0.3 is 9.84 Å². The number of imide groups is 1. The summed E-state index contributed by atoms with van der Waals surface area (Å²) in [6.07, 6.45) is 1.64. The second kappa shape index (κ2) is 8.39. The number of hydrogen-bond acceptors (Lipinski definition) is 6. The number of carbonyl (C=O) groups is 3. The number of aromatic nitrogens is 1. The van der Waals surface area contributed by atoms with Crippen molar-refractivity contribution in [3.63, 3.8) is 0 Å². The van der Waals surface area contributed by atoms with Gasteiger partial charge in [-0.05, 0) is 44.9 Å². The molecule has 0 bridgehead atoms. The second-order valence-electron chi connectivity index (χ2n) is 6.10. The van der Waals surface area contributed by atoms with E-state index in [4.69, 9.17) is 9.84 Å². The molecule has 3 N–H and O–H groups in total. The molecular weight excluding hydrogens is 314 g/mol. The van der Waals surface area contributed by atoms with Crippen LogP contribution in [0.25, 0.3) is 0 Å². The molecule has 1 aromatic rings. The maximum atomic E-state index is 11.9. The lowest BCUT2D eigenvalue weighted by Gasteiger charge is -2.22. The zero-order valence-corrected chi connectivity index (χ0v) is 14.3. The molecule has 0 spiro atoms. The number of piperidine rings is 1. The van der Waals surface area contributed by atoms with Gasteiger partial charge in [-0.25, -0.2) is 9.78 Å². The van der Waals surface area contributed by atoms with Gasteiger partial charge >= 0.3 is 6.09 Å². The number of anilines is 1. The molecular formula is C16H23N3O5. The van der Waals surface area contributed by atoms with Crippen molar-refractivity contribution >= 4 is 23.7 Å². The Morgan fingerprint density at radius 1 is 1.38 bits per heavy atom. The minimum atomic E-state index is -0.611. The number of ether oxygens (including phenoxy) is 1. The third kappa shape index (κ3) is 5.96.